The minimum atomic E-state index is -1.11. The molecule has 1 aliphatic heterocycles. The van der Waals surface area contributed by atoms with Crippen molar-refractivity contribution in [3.05, 3.63) is 18.6 Å². The molecule has 0 N–H and O–H groups in total. The van der Waals surface area contributed by atoms with Gasteiger partial charge in [0.05, 0.1) is 6.33 Å². The topological polar surface area (TPSA) is 132 Å². The number of fused-ring (bicyclic) bond motifs is 1. The number of ether oxygens (including phenoxy) is 4. The smallest absolute Gasteiger partial charge is 0.303 e. The molecule has 0 aromatic carbocycles. The van der Waals surface area contributed by atoms with Crippen LogP contribution >= 0.6 is 34.8 Å². The van der Waals surface area contributed by atoms with Crippen LogP contribution in [0.4, 0.5) is 4.39 Å². The number of esters is 3. The molecule has 2 aromatic rings. The van der Waals surface area contributed by atoms with E-state index in [1.165, 1.54) is 31.7 Å². The summed E-state index contributed by atoms with van der Waals surface area (Å²) in [6, 6.07) is 0. The van der Waals surface area contributed by atoms with Gasteiger partial charge in [0.25, 0.3) is 0 Å². The van der Waals surface area contributed by atoms with E-state index in [1.54, 1.807) is 0 Å². The summed E-state index contributed by atoms with van der Waals surface area (Å²) in [5, 5.41) is 0. The Kier molecular flexibility index (Phi) is 9.37. The van der Waals surface area contributed by atoms with Crippen LogP contribution in [0.1, 0.15) is 27.0 Å². The van der Waals surface area contributed by atoms with Crippen LogP contribution in [-0.2, 0) is 33.3 Å². The van der Waals surface area contributed by atoms with Gasteiger partial charge in [0.1, 0.15) is 19.0 Å². The van der Waals surface area contributed by atoms with Crippen LogP contribution < -0.4 is 0 Å². The van der Waals surface area contributed by atoms with Gasteiger partial charge in [-0.25, -0.2) is 15.0 Å². The molecule has 0 aliphatic carbocycles. The fraction of sp³-hybridized carbons (Fsp3) is 0.529. The Morgan fingerprint density at radius 1 is 1.06 bits per heavy atom. The van der Waals surface area contributed by atoms with E-state index >= 15 is 0 Å². The first-order chi connectivity index (χ1) is 15.0. The number of carbonyl (C=O) groups excluding carboxylic acids is 3. The van der Waals surface area contributed by atoms with Gasteiger partial charge >= 0.3 is 17.9 Å². The number of nitrogens with zero attached hydrogens (tertiary/aromatic N) is 4. The van der Waals surface area contributed by atoms with Gasteiger partial charge in [-0.2, -0.15) is 4.39 Å². The molecule has 176 valence electrons. The van der Waals surface area contributed by atoms with Crippen molar-refractivity contribution in [1.29, 1.82) is 0 Å². The lowest BCUT2D eigenvalue weighted by atomic mass is 10.1. The Morgan fingerprint density at radius 3 is 2.22 bits per heavy atom. The normalized spacial score (nSPS) is 22.2. The van der Waals surface area contributed by atoms with Crippen LogP contribution in [0.5, 0.6) is 0 Å². The molecule has 0 amide bonds. The van der Waals surface area contributed by atoms with E-state index in [1.807, 2.05) is 0 Å². The largest absolute Gasteiger partial charge is 0.463 e. The van der Waals surface area contributed by atoms with Crippen LogP contribution in [0.25, 0.3) is 11.2 Å². The minimum Gasteiger partial charge on any atom is -0.463 e. The molecule has 2 aromatic heterocycles. The molecular weight excluding hydrogens is 498 g/mol. The van der Waals surface area contributed by atoms with Crippen molar-refractivity contribution in [3.63, 3.8) is 0 Å². The zero-order chi connectivity index (χ0) is 24.0. The van der Waals surface area contributed by atoms with E-state index in [-0.39, 0.29) is 17.8 Å². The van der Waals surface area contributed by atoms with Crippen molar-refractivity contribution in [1.82, 2.24) is 19.5 Å². The number of imidazole rings is 1. The lowest BCUT2D eigenvalue weighted by Crippen LogP contribution is -2.40. The van der Waals surface area contributed by atoms with Gasteiger partial charge in [0, 0.05) is 20.8 Å². The lowest BCUT2D eigenvalue weighted by Gasteiger charge is -2.23. The SMILES string of the molecule is CC(=O)OCC1OC(n2cnc3c(F)ncnc32)C(OC(C)=O)C1OC(C)=O.ClC(Cl)Cl. The summed E-state index contributed by atoms with van der Waals surface area (Å²) in [7, 11) is 0. The van der Waals surface area contributed by atoms with Crippen molar-refractivity contribution in [3.8, 4) is 0 Å². The van der Waals surface area contributed by atoms with Crippen LogP contribution in [0.2, 0.25) is 0 Å². The van der Waals surface area contributed by atoms with Crippen molar-refractivity contribution >= 4 is 63.9 Å². The van der Waals surface area contributed by atoms with E-state index < -0.39 is 52.7 Å². The Morgan fingerprint density at radius 2 is 1.66 bits per heavy atom. The molecule has 0 saturated carbocycles. The number of hydrogen-bond acceptors (Lipinski definition) is 10. The molecule has 0 spiro atoms. The molecule has 11 nitrogen and oxygen atoms in total. The standard InChI is InChI=1S/C16H17FN4O7.CHCl3/c1-7(22)25-4-10-12(26-8(2)23)13(27-9(3)24)16(28-10)21-6-20-11-14(17)18-5-19-15(11)21;2-1(3)4/h5-6,10,12-13,16H,4H2,1-3H3;1H. The van der Waals surface area contributed by atoms with Gasteiger partial charge in [0.15, 0.2) is 33.9 Å². The lowest BCUT2D eigenvalue weighted by molar-refractivity contribution is -0.166. The van der Waals surface area contributed by atoms with E-state index in [0.29, 0.717) is 0 Å². The van der Waals surface area contributed by atoms with Crippen molar-refractivity contribution < 1.29 is 37.7 Å². The second kappa shape index (κ2) is 11.5. The predicted octanol–water partition coefficient (Wildman–Crippen LogP) is 2.28. The Balaban J connectivity index is 0.000000837. The van der Waals surface area contributed by atoms with Gasteiger partial charge in [-0.15, -0.1) is 0 Å². The molecule has 1 aliphatic rings. The number of rotatable bonds is 5. The summed E-state index contributed by atoms with van der Waals surface area (Å²) in [4.78, 5) is 45.7. The molecule has 15 heteroatoms. The van der Waals surface area contributed by atoms with Gasteiger partial charge in [0.2, 0.25) is 5.95 Å². The molecule has 3 heterocycles. The molecule has 1 saturated heterocycles. The average molecular weight is 516 g/mol. The molecule has 1 fully saturated rings. The fourth-order valence-corrected chi connectivity index (χ4v) is 2.93. The summed E-state index contributed by atoms with van der Waals surface area (Å²) in [5.74, 6) is -2.71. The predicted molar refractivity (Wildman–Crippen MR) is 108 cm³/mol. The third-order valence-electron chi connectivity index (χ3n) is 3.93. The average Bonchev–Trinajstić information content (AvgIpc) is 3.22. The summed E-state index contributed by atoms with van der Waals surface area (Å²) in [6.07, 6.45) is -1.94. The van der Waals surface area contributed by atoms with Gasteiger partial charge in [-0.3, -0.25) is 19.0 Å². The number of halogens is 4. The Labute approximate surface area is 196 Å². The maximum Gasteiger partial charge on any atom is 0.303 e. The van der Waals surface area contributed by atoms with Crippen LogP contribution in [0.15, 0.2) is 12.7 Å². The number of hydrogen-bond donors (Lipinski definition) is 0. The highest BCUT2D eigenvalue weighted by Gasteiger charge is 2.51. The summed E-state index contributed by atoms with van der Waals surface area (Å²) >= 11 is 14.4. The molecule has 32 heavy (non-hydrogen) atoms. The molecule has 4 atom stereocenters. The van der Waals surface area contributed by atoms with Crippen molar-refractivity contribution in [2.45, 2.75) is 49.6 Å². The van der Waals surface area contributed by atoms with Gasteiger partial charge in [-0.05, 0) is 0 Å². The van der Waals surface area contributed by atoms with E-state index in [9.17, 15) is 18.8 Å². The number of aromatic nitrogens is 4. The number of alkyl halides is 3. The first-order valence-corrected chi connectivity index (χ1v) is 10.2. The molecule has 3 rings (SSSR count). The molecule has 4 unspecified atom stereocenters. The van der Waals surface area contributed by atoms with Crippen LogP contribution in [0.3, 0.4) is 0 Å². The summed E-state index contributed by atoms with van der Waals surface area (Å²) < 4.78 is 35.8. The highest BCUT2D eigenvalue weighted by atomic mass is 35.6. The first kappa shape index (κ1) is 26.0. The zero-order valence-electron chi connectivity index (χ0n) is 16.9. The third kappa shape index (κ3) is 6.86. The third-order valence-corrected chi connectivity index (χ3v) is 3.93. The summed E-state index contributed by atoms with van der Waals surface area (Å²) in [5.41, 5.74) is -0.0236. The maximum absolute atomic E-state index is 13.8. The van der Waals surface area contributed by atoms with E-state index in [2.05, 4.69) is 15.0 Å². The molecular formula is C17H18Cl3FN4O7. The Hall–Kier alpha value is -2.28. The summed E-state index contributed by atoms with van der Waals surface area (Å²) in [6.45, 7) is 3.31. The van der Waals surface area contributed by atoms with E-state index in [4.69, 9.17) is 53.8 Å². The van der Waals surface area contributed by atoms with Crippen molar-refractivity contribution in [2.24, 2.45) is 0 Å². The fourth-order valence-electron chi connectivity index (χ4n) is 2.93. The van der Waals surface area contributed by atoms with Gasteiger partial charge in [-0.1, -0.05) is 34.8 Å². The second-order valence-electron chi connectivity index (χ2n) is 6.25. The van der Waals surface area contributed by atoms with Crippen LogP contribution in [-0.4, -0.2) is 66.6 Å². The second-order valence-corrected chi connectivity index (χ2v) is 8.23. The van der Waals surface area contributed by atoms with Crippen molar-refractivity contribution in [2.75, 3.05) is 6.61 Å². The minimum absolute atomic E-state index is 0.0874. The first-order valence-electron chi connectivity index (χ1n) is 8.89. The van der Waals surface area contributed by atoms with E-state index in [0.717, 1.165) is 6.33 Å². The molecule has 0 radical (unpaired) electrons. The maximum atomic E-state index is 13.8. The van der Waals surface area contributed by atoms with Crippen LogP contribution in [0, 0.1) is 5.95 Å². The quantitative estimate of drug-likeness (QED) is 0.253. The zero-order valence-corrected chi connectivity index (χ0v) is 19.2. The monoisotopic (exact) mass is 514 g/mol. The van der Waals surface area contributed by atoms with Gasteiger partial charge < -0.3 is 18.9 Å². The number of carbonyl (C=O) groups is 3. The highest BCUT2D eigenvalue weighted by molar-refractivity contribution is 6.63. The molecule has 0 bridgehead atoms. The highest BCUT2D eigenvalue weighted by Crippen LogP contribution is 2.35. The Bertz CT molecular complexity index is 974.